The van der Waals surface area contributed by atoms with Crippen molar-refractivity contribution in [2.75, 3.05) is 5.73 Å². The van der Waals surface area contributed by atoms with Gasteiger partial charge in [-0.15, -0.1) is 0 Å². The quantitative estimate of drug-likeness (QED) is 0.669. The molecular formula is C10H11N3. The molecule has 0 aliphatic rings. The van der Waals surface area contributed by atoms with Gasteiger partial charge in [0.1, 0.15) is 0 Å². The molecule has 2 rings (SSSR count). The lowest BCUT2D eigenvalue weighted by atomic mass is 10.2. The van der Waals surface area contributed by atoms with Gasteiger partial charge in [0.2, 0.25) is 0 Å². The summed E-state index contributed by atoms with van der Waals surface area (Å²) in [6.07, 6.45) is 0.901. The van der Waals surface area contributed by atoms with Crippen LogP contribution in [-0.4, -0.2) is 10.2 Å². The van der Waals surface area contributed by atoms with Crippen LogP contribution in [0, 0.1) is 0 Å². The van der Waals surface area contributed by atoms with E-state index in [-0.39, 0.29) is 0 Å². The molecule has 1 aromatic heterocycles. The fourth-order valence-electron chi connectivity index (χ4n) is 1.28. The number of fused-ring (bicyclic) bond motifs is 1. The van der Waals surface area contributed by atoms with Gasteiger partial charge in [-0.3, -0.25) is 0 Å². The van der Waals surface area contributed by atoms with Crippen LogP contribution in [0.3, 0.4) is 0 Å². The molecule has 0 spiro atoms. The number of nitrogens with two attached hydrogens (primary N) is 1. The molecule has 66 valence electrons. The molecule has 0 saturated heterocycles. The predicted octanol–water partition coefficient (Wildman–Crippen LogP) is 1.77. The van der Waals surface area contributed by atoms with E-state index in [9.17, 15) is 0 Å². The van der Waals surface area contributed by atoms with Crippen LogP contribution < -0.4 is 5.73 Å². The van der Waals surface area contributed by atoms with Gasteiger partial charge in [0.05, 0.1) is 11.2 Å². The summed E-state index contributed by atoms with van der Waals surface area (Å²) in [5.41, 5.74) is 8.33. The molecule has 0 aliphatic carbocycles. The van der Waals surface area contributed by atoms with Crippen molar-refractivity contribution < 1.29 is 0 Å². The molecule has 1 aromatic carbocycles. The number of anilines is 1. The molecule has 0 aliphatic heterocycles. The fourth-order valence-corrected chi connectivity index (χ4v) is 1.28. The number of aryl methyl sites for hydroxylation is 1. The third kappa shape index (κ3) is 1.45. The Morgan fingerprint density at radius 2 is 2.08 bits per heavy atom. The van der Waals surface area contributed by atoms with Gasteiger partial charge in [-0.1, -0.05) is 6.92 Å². The van der Waals surface area contributed by atoms with E-state index in [0.29, 0.717) is 0 Å². The lowest BCUT2D eigenvalue weighted by Gasteiger charge is -1.99. The topological polar surface area (TPSA) is 51.8 Å². The molecule has 1 heterocycles. The molecule has 3 nitrogen and oxygen atoms in total. The van der Waals surface area contributed by atoms with Crippen molar-refractivity contribution in [3.63, 3.8) is 0 Å². The predicted molar refractivity (Wildman–Crippen MR) is 53.3 cm³/mol. The Bertz CT molecular complexity index is 437. The Kier molecular flexibility index (Phi) is 1.85. The Labute approximate surface area is 76.6 Å². The zero-order valence-electron chi connectivity index (χ0n) is 7.49. The van der Waals surface area contributed by atoms with E-state index >= 15 is 0 Å². The van der Waals surface area contributed by atoms with Gasteiger partial charge in [0, 0.05) is 11.1 Å². The second kappa shape index (κ2) is 3.01. The first-order valence-electron chi connectivity index (χ1n) is 4.31. The summed E-state index contributed by atoms with van der Waals surface area (Å²) < 4.78 is 0. The maximum absolute atomic E-state index is 5.67. The number of benzene rings is 1. The normalized spacial score (nSPS) is 10.5. The number of hydrogen-bond acceptors (Lipinski definition) is 3. The van der Waals surface area contributed by atoms with Crippen LogP contribution in [0.15, 0.2) is 24.3 Å². The summed E-state index contributed by atoms with van der Waals surface area (Å²) in [5, 5.41) is 9.21. The summed E-state index contributed by atoms with van der Waals surface area (Å²) in [4.78, 5) is 0. The van der Waals surface area contributed by atoms with Crippen LogP contribution in [0.25, 0.3) is 10.9 Å². The second-order valence-corrected chi connectivity index (χ2v) is 3.01. The van der Waals surface area contributed by atoms with Crippen molar-refractivity contribution in [1.29, 1.82) is 0 Å². The number of nitrogens with zero attached hydrogens (tertiary/aromatic N) is 2. The number of hydrogen-bond donors (Lipinski definition) is 1. The van der Waals surface area contributed by atoms with Gasteiger partial charge in [-0.2, -0.15) is 10.2 Å². The average Bonchev–Trinajstić information content (AvgIpc) is 2.16. The van der Waals surface area contributed by atoms with Crippen molar-refractivity contribution in [1.82, 2.24) is 10.2 Å². The Morgan fingerprint density at radius 3 is 2.85 bits per heavy atom. The Balaban J connectivity index is 2.68. The minimum absolute atomic E-state index is 0.766. The van der Waals surface area contributed by atoms with Crippen LogP contribution in [0.4, 0.5) is 5.69 Å². The third-order valence-corrected chi connectivity index (χ3v) is 2.02. The molecule has 0 fully saturated rings. The maximum Gasteiger partial charge on any atom is 0.0931 e. The highest BCUT2D eigenvalue weighted by Gasteiger charge is 1.97. The Hall–Kier alpha value is -1.64. The van der Waals surface area contributed by atoms with Crippen LogP contribution in [0.1, 0.15) is 12.6 Å². The highest BCUT2D eigenvalue weighted by Crippen LogP contribution is 2.15. The highest BCUT2D eigenvalue weighted by atomic mass is 15.1. The summed E-state index contributed by atoms with van der Waals surface area (Å²) in [6, 6.07) is 7.67. The molecule has 2 N–H and O–H groups in total. The van der Waals surface area contributed by atoms with Gasteiger partial charge < -0.3 is 5.73 Å². The summed E-state index contributed by atoms with van der Waals surface area (Å²) in [5.74, 6) is 0. The molecule has 2 aromatic rings. The average molecular weight is 173 g/mol. The van der Waals surface area contributed by atoms with Gasteiger partial charge in [0.15, 0.2) is 0 Å². The van der Waals surface area contributed by atoms with E-state index in [2.05, 4.69) is 17.1 Å². The fraction of sp³-hybridized carbons (Fsp3) is 0.200. The molecule has 0 unspecified atom stereocenters. The molecular weight excluding hydrogens is 162 g/mol. The van der Waals surface area contributed by atoms with E-state index in [4.69, 9.17) is 5.73 Å². The minimum Gasteiger partial charge on any atom is -0.399 e. The summed E-state index contributed by atoms with van der Waals surface area (Å²) in [6.45, 7) is 2.06. The summed E-state index contributed by atoms with van der Waals surface area (Å²) in [7, 11) is 0. The van der Waals surface area contributed by atoms with Crippen LogP contribution in [0.2, 0.25) is 0 Å². The third-order valence-electron chi connectivity index (χ3n) is 2.02. The number of rotatable bonds is 1. The second-order valence-electron chi connectivity index (χ2n) is 3.01. The molecule has 13 heavy (non-hydrogen) atoms. The van der Waals surface area contributed by atoms with Crippen LogP contribution in [-0.2, 0) is 6.42 Å². The number of nitrogen functional groups attached to an aromatic ring is 1. The molecule has 0 radical (unpaired) electrons. The van der Waals surface area contributed by atoms with Gasteiger partial charge in [0.25, 0.3) is 0 Å². The van der Waals surface area contributed by atoms with Gasteiger partial charge in [-0.25, -0.2) is 0 Å². The lowest BCUT2D eigenvalue weighted by Crippen LogP contribution is -1.92. The molecule has 3 heteroatoms. The SMILES string of the molecule is CCc1cc2cc(N)ccc2nn1. The summed E-state index contributed by atoms with van der Waals surface area (Å²) >= 11 is 0. The van der Waals surface area contributed by atoms with E-state index in [1.807, 2.05) is 24.3 Å². The maximum atomic E-state index is 5.67. The van der Waals surface area contributed by atoms with Crippen LogP contribution in [0.5, 0.6) is 0 Å². The molecule has 0 atom stereocenters. The zero-order valence-corrected chi connectivity index (χ0v) is 7.49. The van der Waals surface area contributed by atoms with E-state index in [1.165, 1.54) is 0 Å². The van der Waals surface area contributed by atoms with Crippen molar-refractivity contribution in [2.45, 2.75) is 13.3 Å². The van der Waals surface area contributed by atoms with Crippen molar-refractivity contribution in [3.05, 3.63) is 30.0 Å². The van der Waals surface area contributed by atoms with E-state index in [1.54, 1.807) is 0 Å². The Morgan fingerprint density at radius 1 is 1.23 bits per heavy atom. The standard InChI is InChI=1S/C10H11N3/c1-2-9-6-7-5-8(11)3-4-10(7)13-12-9/h3-6H,2,11H2,1H3. The van der Waals surface area contributed by atoms with E-state index in [0.717, 1.165) is 28.7 Å². The molecule has 0 saturated carbocycles. The number of aromatic nitrogens is 2. The lowest BCUT2D eigenvalue weighted by molar-refractivity contribution is 0.945. The zero-order chi connectivity index (χ0) is 9.26. The first-order chi connectivity index (χ1) is 6.29. The van der Waals surface area contributed by atoms with Gasteiger partial charge in [-0.05, 0) is 30.7 Å². The first-order valence-corrected chi connectivity index (χ1v) is 4.31. The van der Waals surface area contributed by atoms with Gasteiger partial charge >= 0.3 is 0 Å². The molecule has 0 amide bonds. The van der Waals surface area contributed by atoms with Crippen molar-refractivity contribution in [3.8, 4) is 0 Å². The van der Waals surface area contributed by atoms with Crippen molar-refractivity contribution in [2.24, 2.45) is 0 Å². The highest BCUT2D eigenvalue weighted by molar-refractivity contribution is 5.81. The first kappa shape index (κ1) is 7.98. The van der Waals surface area contributed by atoms with E-state index < -0.39 is 0 Å². The minimum atomic E-state index is 0.766. The van der Waals surface area contributed by atoms with Crippen LogP contribution >= 0.6 is 0 Å². The smallest absolute Gasteiger partial charge is 0.0931 e. The molecule has 0 bridgehead atoms. The monoisotopic (exact) mass is 173 g/mol. The van der Waals surface area contributed by atoms with Crippen molar-refractivity contribution >= 4 is 16.6 Å². The largest absolute Gasteiger partial charge is 0.399 e.